The number of fused-ring (bicyclic) bond motifs is 1. The molecule has 3 atom stereocenters. The largest absolute Gasteiger partial charge is 0.342 e. The minimum atomic E-state index is 0.320. The topological polar surface area (TPSA) is 46.3 Å². The first kappa shape index (κ1) is 14.6. The van der Waals surface area contributed by atoms with E-state index in [4.69, 9.17) is 5.73 Å². The molecule has 3 unspecified atom stereocenters. The van der Waals surface area contributed by atoms with E-state index in [9.17, 15) is 4.79 Å². The standard InChI is InChI=1S/C18H26N2O/c1-13-5-7-14(8-6-13)3-2-4-18(21)20-11-15-9-10-17(19)16(15)12-20/h5-8,15-17H,2-4,9-12,19H2,1H3. The summed E-state index contributed by atoms with van der Waals surface area (Å²) in [7, 11) is 0. The van der Waals surface area contributed by atoms with Crippen LogP contribution >= 0.6 is 0 Å². The SMILES string of the molecule is Cc1ccc(CCCC(=O)N2CC3CCC(N)C3C2)cc1. The number of hydrogen-bond acceptors (Lipinski definition) is 2. The molecular formula is C18H26N2O. The summed E-state index contributed by atoms with van der Waals surface area (Å²) in [5, 5.41) is 0. The van der Waals surface area contributed by atoms with E-state index in [1.165, 1.54) is 17.5 Å². The summed E-state index contributed by atoms with van der Waals surface area (Å²) in [5.74, 6) is 1.55. The molecule has 2 aliphatic rings. The van der Waals surface area contributed by atoms with E-state index >= 15 is 0 Å². The average molecular weight is 286 g/mol. The van der Waals surface area contributed by atoms with Crippen molar-refractivity contribution >= 4 is 5.91 Å². The van der Waals surface area contributed by atoms with Crippen LogP contribution in [0, 0.1) is 18.8 Å². The highest BCUT2D eigenvalue weighted by Gasteiger charge is 2.42. The maximum absolute atomic E-state index is 12.3. The summed E-state index contributed by atoms with van der Waals surface area (Å²) in [6.07, 6.45) is 4.96. The van der Waals surface area contributed by atoms with Crippen molar-refractivity contribution in [1.82, 2.24) is 4.90 Å². The molecule has 114 valence electrons. The summed E-state index contributed by atoms with van der Waals surface area (Å²) in [5.41, 5.74) is 8.75. The molecule has 1 amide bonds. The van der Waals surface area contributed by atoms with E-state index in [0.29, 0.717) is 30.2 Å². The van der Waals surface area contributed by atoms with Crippen LogP contribution in [-0.4, -0.2) is 29.9 Å². The maximum Gasteiger partial charge on any atom is 0.222 e. The molecule has 3 heteroatoms. The van der Waals surface area contributed by atoms with Gasteiger partial charge in [0.15, 0.2) is 0 Å². The van der Waals surface area contributed by atoms with Gasteiger partial charge in [0.2, 0.25) is 5.91 Å². The van der Waals surface area contributed by atoms with Crippen LogP contribution in [-0.2, 0) is 11.2 Å². The molecule has 1 aliphatic carbocycles. The van der Waals surface area contributed by atoms with Crippen LogP contribution in [0.1, 0.15) is 36.8 Å². The fourth-order valence-electron chi connectivity index (χ4n) is 3.87. The van der Waals surface area contributed by atoms with Crippen LogP contribution in [0.25, 0.3) is 0 Å². The first-order valence-corrected chi connectivity index (χ1v) is 8.22. The maximum atomic E-state index is 12.3. The van der Waals surface area contributed by atoms with Crippen LogP contribution in [0.3, 0.4) is 0 Å². The predicted molar refractivity (Wildman–Crippen MR) is 84.9 cm³/mol. The van der Waals surface area contributed by atoms with E-state index in [1.807, 2.05) is 0 Å². The molecule has 3 rings (SSSR count). The van der Waals surface area contributed by atoms with Gasteiger partial charge in [-0.1, -0.05) is 29.8 Å². The van der Waals surface area contributed by atoms with Gasteiger partial charge in [-0.3, -0.25) is 4.79 Å². The average Bonchev–Trinajstić information content (AvgIpc) is 3.04. The van der Waals surface area contributed by atoms with Gasteiger partial charge >= 0.3 is 0 Å². The van der Waals surface area contributed by atoms with Crippen molar-refractivity contribution in [3.05, 3.63) is 35.4 Å². The highest BCUT2D eigenvalue weighted by Crippen LogP contribution is 2.37. The van der Waals surface area contributed by atoms with E-state index in [1.54, 1.807) is 0 Å². The lowest BCUT2D eigenvalue weighted by Gasteiger charge is -2.18. The molecule has 1 aromatic rings. The number of benzene rings is 1. The smallest absolute Gasteiger partial charge is 0.222 e. The molecule has 1 saturated carbocycles. The minimum Gasteiger partial charge on any atom is -0.342 e. The zero-order chi connectivity index (χ0) is 14.8. The molecule has 2 N–H and O–H groups in total. The van der Waals surface area contributed by atoms with Gasteiger partial charge in [0.05, 0.1) is 0 Å². The van der Waals surface area contributed by atoms with Crippen LogP contribution in [0.4, 0.5) is 0 Å². The van der Waals surface area contributed by atoms with Crippen molar-refractivity contribution in [1.29, 1.82) is 0 Å². The molecule has 0 aromatic heterocycles. The number of nitrogens with two attached hydrogens (primary N) is 1. The number of likely N-dealkylation sites (tertiary alicyclic amines) is 1. The Morgan fingerprint density at radius 3 is 2.71 bits per heavy atom. The van der Waals surface area contributed by atoms with Gasteiger partial charge in [0.1, 0.15) is 0 Å². The molecule has 0 spiro atoms. The first-order valence-electron chi connectivity index (χ1n) is 8.22. The number of carbonyl (C=O) groups is 1. The summed E-state index contributed by atoms with van der Waals surface area (Å²) >= 11 is 0. The number of carbonyl (C=O) groups excluding carboxylic acids is 1. The number of nitrogens with zero attached hydrogens (tertiary/aromatic N) is 1. The minimum absolute atomic E-state index is 0.320. The Balaban J connectivity index is 1.44. The van der Waals surface area contributed by atoms with E-state index in [0.717, 1.165) is 32.4 Å². The normalized spacial score (nSPS) is 27.9. The number of hydrogen-bond donors (Lipinski definition) is 1. The predicted octanol–water partition coefficient (Wildman–Crippen LogP) is 2.51. The van der Waals surface area contributed by atoms with Crippen molar-refractivity contribution in [3.8, 4) is 0 Å². The van der Waals surface area contributed by atoms with Crippen molar-refractivity contribution in [2.75, 3.05) is 13.1 Å². The Kier molecular flexibility index (Phi) is 4.29. The van der Waals surface area contributed by atoms with Gasteiger partial charge < -0.3 is 10.6 Å². The highest BCUT2D eigenvalue weighted by atomic mass is 16.2. The molecule has 2 fully saturated rings. The molecule has 0 bridgehead atoms. The second-order valence-corrected chi connectivity index (χ2v) is 6.80. The Hall–Kier alpha value is -1.35. The molecule has 1 aromatic carbocycles. The number of aryl methyl sites for hydroxylation is 2. The van der Waals surface area contributed by atoms with Crippen LogP contribution in [0.5, 0.6) is 0 Å². The van der Waals surface area contributed by atoms with Gasteiger partial charge in [0, 0.05) is 25.6 Å². The third kappa shape index (κ3) is 3.29. The second kappa shape index (κ2) is 6.18. The summed E-state index contributed by atoms with van der Waals surface area (Å²) in [6, 6.07) is 8.93. The van der Waals surface area contributed by atoms with Gasteiger partial charge in [-0.15, -0.1) is 0 Å². The second-order valence-electron chi connectivity index (χ2n) is 6.80. The lowest BCUT2D eigenvalue weighted by atomic mass is 9.98. The van der Waals surface area contributed by atoms with Gasteiger partial charge in [0.25, 0.3) is 0 Å². The van der Waals surface area contributed by atoms with Crippen LogP contribution in [0.15, 0.2) is 24.3 Å². The third-order valence-electron chi connectivity index (χ3n) is 5.24. The molecular weight excluding hydrogens is 260 g/mol. The Morgan fingerprint density at radius 1 is 1.24 bits per heavy atom. The fourth-order valence-corrected chi connectivity index (χ4v) is 3.87. The molecule has 1 saturated heterocycles. The first-order chi connectivity index (χ1) is 10.1. The van der Waals surface area contributed by atoms with Gasteiger partial charge in [-0.2, -0.15) is 0 Å². The third-order valence-corrected chi connectivity index (χ3v) is 5.24. The van der Waals surface area contributed by atoms with Crippen molar-refractivity contribution in [2.45, 2.75) is 45.1 Å². The van der Waals surface area contributed by atoms with Crippen molar-refractivity contribution in [2.24, 2.45) is 17.6 Å². The van der Waals surface area contributed by atoms with Crippen molar-refractivity contribution < 1.29 is 4.79 Å². The molecule has 1 aliphatic heterocycles. The highest BCUT2D eigenvalue weighted by molar-refractivity contribution is 5.76. The molecule has 1 heterocycles. The monoisotopic (exact) mass is 286 g/mol. The zero-order valence-electron chi connectivity index (χ0n) is 12.9. The fraction of sp³-hybridized carbons (Fsp3) is 0.611. The summed E-state index contributed by atoms with van der Waals surface area (Å²) < 4.78 is 0. The van der Waals surface area contributed by atoms with Crippen LogP contribution < -0.4 is 5.73 Å². The van der Waals surface area contributed by atoms with Gasteiger partial charge in [-0.25, -0.2) is 0 Å². The Labute approximate surface area is 127 Å². The summed E-state index contributed by atoms with van der Waals surface area (Å²) in [6.45, 7) is 3.94. The Bertz CT molecular complexity index is 496. The molecule has 21 heavy (non-hydrogen) atoms. The lowest BCUT2D eigenvalue weighted by Crippen LogP contribution is -2.33. The van der Waals surface area contributed by atoms with E-state index in [2.05, 4.69) is 36.1 Å². The van der Waals surface area contributed by atoms with E-state index < -0.39 is 0 Å². The zero-order valence-corrected chi connectivity index (χ0v) is 12.9. The van der Waals surface area contributed by atoms with E-state index in [-0.39, 0.29) is 0 Å². The van der Waals surface area contributed by atoms with Gasteiger partial charge in [-0.05, 0) is 50.0 Å². The Morgan fingerprint density at radius 2 is 2.00 bits per heavy atom. The number of rotatable bonds is 4. The molecule has 3 nitrogen and oxygen atoms in total. The van der Waals surface area contributed by atoms with Crippen molar-refractivity contribution in [3.63, 3.8) is 0 Å². The lowest BCUT2D eigenvalue weighted by molar-refractivity contribution is -0.130. The van der Waals surface area contributed by atoms with Crippen LogP contribution in [0.2, 0.25) is 0 Å². The summed E-state index contributed by atoms with van der Waals surface area (Å²) in [4.78, 5) is 14.4. The number of amides is 1. The quantitative estimate of drug-likeness (QED) is 0.924. The molecule has 0 radical (unpaired) electrons.